The first kappa shape index (κ1) is 54.9. The van der Waals surface area contributed by atoms with E-state index in [1.807, 2.05) is 6.08 Å². The summed E-state index contributed by atoms with van der Waals surface area (Å²) in [7, 11) is -5.03. The first-order chi connectivity index (χ1) is 28.0. The third-order valence-corrected chi connectivity index (χ3v) is 12.2. The van der Waals surface area contributed by atoms with Gasteiger partial charge in [-0.15, -0.1) is 0 Å². The molecular weight excluding hydrogens is 763 g/mol. The number of rotatable bonds is 40. The Hall–Kier alpha value is -1.08. The average molecular weight is 851 g/mol. The van der Waals surface area contributed by atoms with Crippen molar-refractivity contribution in [2.45, 2.75) is 256 Å². The number of aliphatic hydroxyl groups excluding tert-OH is 5. The smallest absolute Gasteiger partial charge is 0.472 e. The summed E-state index contributed by atoms with van der Waals surface area (Å²) in [5, 5.41) is 50.1. The maximum absolute atomic E-state index is 12.8. The van der Waals surface area contributed by atoms with E-state index in [-0.39, 0.29) is 13.0 Å². The number of hydrogen-bond acceptors (Lipinski definition) is 11. The Balaban J connectivity index is 2.40. The van der Waals surface area contributed by atoms with Crippen LogP contribution in [0.3, 0.4) is 0 Å². The number of esters is 1. The highest BCUT2D eigenvalue weighted by atomic mass is 31.2. The number of allylic oxidation sites excluding steroid dienone is 1. The van der Waals surface area contributed by atoms with Crippen LogP contribution in [0, 0.1) is 0 Å². The van der Waals surface area contributed by atoms with Gasteiger partial charge in [-0.3, -0.25) is 13.8 Å². The number of phosphoric ester groups is 1. The highest BCUT2D eigenvalue weighted by molar-refractivity contribution is 7.47. The van der Waals surface area contributed by atoms with E-state index in [0.29, 0.717) is 6.42 Å². The van der Waals surface area contributed by atoms with Gasteiger partial charge in [0.2, 0.25) is 0 Å². The summed E-state index contributed by atoms with van der Waals surface area (Å²) in [6, 6.07) is 0. The van der Waals surface area contributed by atoms with E-state index in [1.165, 1.54) is 154 Å². The first-order valence-corrected chi connectivity index (χ1v) is 25.1. The van der Waals surface area contributed by atoms with Crippen LogP contribution in [0.15, 0.2) is 12.3 Å². The van der Waals surface area contributed by atoms with Crippen molar-refractivity contribution in [1.29, 1.82) is 0 Å². The number of carbonyl (C=O) groups excluding carboxylic acids is 1. The molecule has 1 saturated carbocycles. The lowest BCUT2D eigenvalue weighted by atomic mass is 9.85. The lowest BCUT2D eigenvalue weighted by molar-refractivity contribution is -0.220. The van der Waals surface area contributed by atoms with Gasteiger partial charge in [0.15, 0.2) is 6.10 Å². The molecule has 1 rings (SSSR count). The van der Waals surface area contributed by atoms with Crippen LogP contribution in [-0.4, -0.2) is 92.3 Å². The van der Waals surface area contributed by atoms with Crippen molar-refractivity contribution < 1.29 is 58.3 Å². The number of carbonyl (C=O) groups is 1. The molecule has 58 heavy (non-hydrogen) atoms. The lowest BCUT2D eigenvalue weighted by Gasteiger charge is -2.41. The van der Waals surface area contributed by atoms with E-state index in [2.05, 4.69) is 13.8 Å². The second-order valence-corrected chi connectivity index (χ2v) is 18.1. The van der Waals surface area contributed by atoms with Gasteiger partial charge in [-0.2, -0.15) is 0 Å². The summed E-state index contributed by atoms with van der Waals surface area (Å²) in [5.41, 5.74) is 0. The molecule has 0 aromatic rings. The predicted molar refractivity (Wildman–Crippen MR) is 230 cm³/mol. The van der Waals surface area contributed by atoms with Crippen molar-refractivity contribution in [3.63, 3.8) is 0 Å². The van der Waals surface area contributed by atoms with Crippen molar-refractivity contribution in [1.82, 2.24) is 0 Å². The maximum atomic E-state index is 12.8. The predicted octanol–water partition coefficient (Wildman–Crippen LogP) is 9.88. The number of ether oxygens (including phenoxy) is 2. The molecule has 1 fully saturated rings. The standard InChI is InChI=1S/C45H87O12P/c1-3-5-7-9-11-13-15-17-19-20-21-22-24-26-28-30-32-34-39(46)56-38(36-54-35-33-31-29-27-25-23-18-16-14-12-10-8-6-4-2)37-55-58(52,53)57-45-43(50)41(48)40(47)42(49)44(45)51/h33,35,38,40-45,47-51H,3-32,34,36-37H2,1-2H3,(H,52,53)/b35-33-/t38-,40?,41-,42?,43?,44?,45?/m1/s1. The fraction of sp³-hybridized carbons (Fsp3) is 0.933. The van der Waals surface area contributed by atoms with Gasteiger partial charge >= 0.3 is 13.8 Å². The minimum atomic E-state index is -5.03. The molecule has 6 unspecified atom stereocenters. The van der Waals surface area contributed by atoms with Gasteiger partial charge in [0, 0.05) is 6.42 Å². The van der Waals surface area contributed by atoms with Gasteiger partial charge in [-0.05, 0) is 25.3 Å². The lowest BCUT2D eigenvalue weighted by Crippen LogP contribution is -2.64. The Morgan fingerprint density at radius 1 is 0.534 bits per heavy atom. The normalized spacial score (nSPS) is 22.6. The van der Waals surface area contributed by atoms with Gasteiger partial charge in [-0.25, -0.2) is 4.57 Å². The Bertz CT molecular complexity index is 1020. The highest BCUT2D eigenvalue weighted by Crippen LogP contribution is 2.47. The molecule has 0 amide bonds. The molecule has 6 N–H and O–H groups in total. The Morgan fingerprint density at radius 2 is 0.897 bits per heavy atom. The second kappa shape index (κ2) is 36.6. The summed E-state index contributed by atoms with van der Waals surface area (Å²) in [6.07, 6.45) is 27.9. The molecule has 12 nitrogen and oxygen atoms in total. The SMILES string of the molecule is CCCCCCCCCCCCCC/C=C\OC[C@H](COP(=O)(O)OC1C(O)C(O)C(O)[C@@H](O)C1O)OC(=O)CCCCCCCCCCCCCCCCCCC. The summed E-state index contributed by atoms with van der Waals surface area (Å²) < 4.78 is 33.9. The molecule has 0 aromatic heterocycles. The molecule has 0 aromatic carbocycles. The molecule has 0 bridgehead atoms. The molecule has 0 spiro atoms. The zero-order valence-corrected chi connectivity index (χ0v) is 37.5. The van der Waals surface area contributed by atoms with Gasteiger partial charge in [0.1, 0.15) is 43.2 Å². The first-order valence-electron chi connectivity index (χ1n) is 23.6. The van der Waals surface area contributed by atoms with Crippen LogP contribution in [0.2, 0.25) is 0 Å². The van der Waals surface area contributed by atoms with E-state index in [1.54, 1.807) is 0 Å². The van der Waals surface area contributed by atoms with Crippen molar-refractivity contribution in [3.8, 4) is 0 Å². The largest absolute Gasteiger partial charge is 0.498 e. The van der Waals surface area contributed by atoms with Crippen molar-refractivity contribution in [2.75, 3.05) is 13.2 Å². The van der Waals surface area contributed by atoms with Gasteiger partial charge < -0.3 is 39.9 Å². The van der Waals surface area contributed by atoms with Gasteiger partial charge in [0.25, 0.3) is 0 Å². The number of phosphoric acid groups is 1. The Kier molecular flexibility index (Phi) is 34.6. The highest BCUT2D eigenvalue weighted by Gasteiger charge is 2.51. The van der Waals surface area contributed by atoms with Crippen molar-refractivity contribution in [2.24, 2.45) is 0 Å². The minimum Gasteiger partial charge on any atom is -0.498 e. The third kappa shape index (κ3) is 28.4. The monoisotopic (exact) mass is 851 g/mol. The van der Waals surface area contributed by atoms with Crippen molar-refractivity contribution >= 4 is 13.8 Å². The second-order valence-electron chi connectivity index (χ2n) is 16.7. The molecule has 344 valence electrons. The van der Waals surface area contributed by atoms with E-state index in [9.17, 15) is 39.8 Å². The fourth-order valence-electron chi connectivity index (χ4n) is 7.44. The van der Waals surface area contributed by atoms with Crippen LogP contribution >= 0.6 is 7.82 Å². The molecule has 0 heterocycles. The van der Waals surface area contributed by atoms with Crippen molar-refractivity contribution in [3.05, 3.63) is 12.3 Å². The molecule has 13 heteroatoms. The molecule has 1 aliphatic rings. The molecule has 0 saturated heterocycles. The summed E-state index contributed by atoms with van der Waals surface area (Å²) in [4.78, 5) is 23.1. The molecule has 8 atom stereocenters. The fourth-order valence-corrected chi connectivity index (χ4v) is 8.41. The third-order valence-electron chi connectivity index (χ3n) is 11.2. The zero-order chi connectivity index (χ0) is 42.7. The average Bonchev–Trinajstić information content (AvgIpc) is 3.21. The van der Waals surface area contributed by atoms with E-state index >= 15 is 0 Å². The Labute approximate surface area is 352 Å². The van der Waals surface area contributed by atoms with E-state index in [4.69, 9.17) is 18.5 Å². The summed E-state index contributed by atoms with van der Waals surface area (Å²) in [5.74, 6) is -0.495. The molecular formula is C45H87O12P. The molecule has 0 aliphatic heterocycles. The summed E-state index contributed by atoms with van der Waals surface area (Å²) >= 11 is 0. The number of aliphatic hydroxyl groups is 5. The number of hydrogen-bond donors (Lipinski definition) is 6. The zero-order valence-electron chi connectivity index (χ0n) is 36.6. The minimum absolute atomic E-state index is 0.155. The van der Waals surface area contributed by atoms with Crippen LogP contribution in [0.5, 0.6) is 0 Å². The number of unbranched alkanes of at least 4 members (excludes halogenated alkanes) is 28. The van der Waals surface area contributed by atoms with Crippen LogP contribution in [0.25, 0.3) is 0 Å². The van der Waals surface area contributed by atoms with Crippen LogP contribution in [0.4, 0.5) is 0 Å². The van der Waals surface area contributed by atoms with Crippen LogP contribution in [-0.2, 0) is 27.9 Å². The van der Waals surface area contributed by atoms with E-state index < -0.39 is 63.1 Å². The summed E-state index contributed by atoms with van der Waals surface area (Å²) in [6.45, 7) is 3.74. The van der Waals surface area contributed by atoms with Crippen LogP contribution in [0.1, 0.15) is 213 Å². The van der Waals surface area contributed by atoms with Gasteiger partial charge in [0.05, 0.1) is 12.9 Å². The topological polar surface area (TPSA) is 192 Å². The quantitative estimate of drug-likeness (QED) is 0.0148. The van der Waals surface area contributed by atoms with Crippen LogP contribution < -0.4 is 0 Å². The van der Waals surface area contributed by atoms with Gasteiger partial charge in [-0.1, -0.05) is 187 Å². The maximum Gasteiger partial charge on any atom is 0.472 e. The molecule has 1 aliphatic carbocycles. The Morgan fingerprint density at radius 3 is 1.31 bits per heavy atom. The van der Waals surface area contributed by atoms with E-state index in [0.717, 1.165) is 38.5 Å². The molecule has 0 radical (unpaired) electrons.